The molecule has 3 aromatic carbocycles. The average molecular weight is 595 g/mol. The van der Waals surface area contributed by atoms with Crippen LogP contribution >= 0.6 is 0 Å². The van der Waals surface area contributed by atoms with Crippen molar-refractivity contribution in [1.82, 2.24) is 20.5 Å². The Balaban J connectivity index is 1.03. The molecule has 2 aliphatic heterocycles. The van der Waals surface area contributed by atoms with E-state index >= 15 is 0 Å². The maximum Gasteiger partial charge on any atom is 0.245 e. The van der Waals surface area contributed by atoms with Crippen LogP contribution in [0, 0.1) is 5.92 Å². The Morgan fingerprint density at radius 2 is 1.70 bits per heavy atom. The van der Waals surface area contributed by atoms with Gasteiger partial charge in [-0.2, -0.15) is 0 Å². The number of hydrogen-bond donors (Lipinski definition) is 3. The van der Waals surface area contributed by atoms with Gasteiger partial charge in [-0.3, -0.25) is 9.59 Å². The number of aromatic nitrogens is 1. The molecule has 0 radical (unpaired) electrons. The van der Waals surface area contributed by atoms with E-state index in [0.717, 1.165) is 59.3 Å². The molecule has 1 fully saturated rings. The number of ether oxygens (including phenoxy) is 2. The number of rotatable bonds is 12. The van der Waals surface area contributed by atoms with Crippen molar-refractivity contribution in [2.75, 3.05) is 26.4 Å². The number of carbonyl (C=O) groups is 2. The first-order valence-corrected chi connectivity index (χ1v) is 15.8. The maximum absolute atomic E-state index is 13.9. The van der Waals surface area contributed by atoms with E-state index in [-0.39, 0.29) is 11.8 Å². The normalized spacial score (nSPS) is 16.2. The van der Waals surface area contributed by atoms with Gasteiger partial charge in [-0.15, -0.1) is 0 Å². The number of fused-ring (bicyclic) bond motifs is 2. The standard InChI is InChI=1S/C36H42N4O4/c1-25(19-27-11-13-33-34(20-27)44-24-43-33)22-37-29-15-17-40(18-16-29)36(42)32(21-28-23-38-31-10-6-5-9-30(28)31)39-35(41)14-12-26-7-3-2-4-8-26/h2-11,13,20,23,25,29,32,37-38H,12,14-19,21-22,24H2,1H3,(H,39,41). The number of piperidine rings is 1. The molecule has 0 bridgehead atoms. The van der Waals surface area contributed by atoms with Gasteiger partial charge in [-0.1, -0.05) is 61.5 Å². The van der Waals surface area contributed by atoms with Crippen molar-refractivity contribution in [1.29, 1.82) is 0 Å². The van der Waals surface area contributed by atoms with Crippen LogP contribution in [0.15, 0.2) is 79.0 Å². The van der Waals surface area contributed by atoms with Crippen molar-refractivity contribution in [3.63, 3.8) is 0 Å². The number of H-pyrrole nitrogens is 1. The van der Waals surface area contributed by atoms with E-state index in [1.54, 1.807) is 0 Å². The summed E-state index contributed by atoms with van der Waals surface area (Å²) in [6.07, 6.45) is 6.15. The molecule has 44 heavy (non-hydrogen) atoms. The van der Waals surface area contributed by atoms with E-state index in [9.17, 15) is 9.59 Å². The zero-order chi connectivity index (χ0) is 30.3. The van der Waals surface area contributed by atoms with Gasteiger partial charge in [-0.05, 0) is 73.0 Å². The van der Waals surface area contributed by atoms with E-state index in [1.807, 2.05) is 65.7 Å². The molecule has 2 amide bonds. The van der Waals surface area contributed by atoms with Crippen LogP contribution in [0.4, 0.5) is 0 Å². The molecule has 1 saturated heterocycles. The third-order valence-electron chi connectivity index (χ3n) is 8.80. The molecule has 1 aromatic heterocycles. The first kappa shape index (κ1) is 29.8. The van der Waals surface area contributed by atoms with E-state index < -0.39 is 6.04 Å². The number of nitrogens with one attached hydrogen (secondary N) is 3. The predicted molar refractivity (Wildman–Crippen MR) is 172 cm³/mol. The summed E-state index contributed by atoms with van der Waals surface area (Å²) in [6, 6.07) is 24.0. The molecule has 0 aliphatic carbocycles. The number of benzene rings is 3. The Kier molecular flexibility index (Phi) is 9.46. The van der Waals surface area contributed by atoms with Crippen molar-refractivity contribution < 1.29 is 19.1 Å². The zero-order valence-corrected chi connectivity index (χ0v) is 25.4. The molecule has 2 atom stereocenters. The highest BCUT2D eigenvalue weighted by atomic mass is 16.7. The first-order valence-electron chi connectivity index (χ1n) is 15.8. The number of aromatic amines is 1. The SMILES string of the molecule is CC(CNC1CCN(C(=O)C(Cc2c[nH]c3ccccc23)NC(=O)CCc2ccccc2)CC1)Cc1ccc2c(c1)OCO2. The number of aryl methyl sites for hydroxylation is 1. The Labute approximate surface area is 259 Å². The number of para-hydroxylation sites is 1. The third kappa shape index (κ3) is 7.42. The highest BCUT2D eigenvalue weighted by Gasteiger charge is 2.30. The molecule has 3 heterocycles. The van der Waals surface area contributed by atoms with Crippen LogP contribution in [0.25, 0.3) is 10.9 Å². The summed E-state index contributed by atoms with van der Waals surface area (Å²) in [5.41, 5.74) is 4.43. The molecule has 0 spiro atoms. The highest BCUT2D eigenvalue weighted by molar-refractivity contribution is 5.89. The van der Waals surface area contributed by atoms with Crippen molar-refractivity contribution >= 4 is 22.7 Å². The van der Waals surface area contributed by atoms with Crippen LogP contribution < -0.4 is 20.1 Å². The van der Waals surface area contributed by atoms with E-state index in [2.05, 4.69) is 40.7 Å². The first-order chi connectivity index (χ1) is 21.5. The van der Waals surface area contributed by atoms with Gasteiger partial charge < -0.3 is 30.0 Å². The van der Waals surface area contributed by atoms with E-state index in [4.69, 9.17) is 9.47 Å². The van der Waals surface area contributed by atoms with Gasteiger partial charge in [0.1, 0.15) is 6.04 Å². The monoisotopic (exact) mass is 594 g/mol. The lowest BCUT2D eigenvalue weighted by Crippen LogP contribution is -2.53. The minimum atomic E-state index is -0.608. The molecule has 3 N–H and O–H groups in total. The lowest BCUT2D eigenvalue weighted by atomic mass is 9.98. The van der Waals surface area contributed by atoms with Crippen LogP contribution in [-0.4, -0.2) is 60.2 Å². The molecule has 4 aromatic rings. The summed E-state index contributed by atoms with van der Waals surface area (Å²) in [5.74, 6) is 2.01. The van der Waals surface area contributed by atoms with Crippen molar-refractivity contribution in [2.45, 2.75) is 57.5 Å². The summed E-state index contributed by atoms with van der Waals surface area (Å²) in [7, 11) is 0. The largest absolute Gasteiger partial charge is 0.454 e. The van der Waals surface area contributed by atoms with Gasteiger partial charge in [0, 0.05) is 49.1 Å². The van der Waals surface area contributed by atoms with Crippen molar-refractivity contribution in [3.8, 4) is 11.5 Å². The summed E-state index contributed by atoms with van der Waals surface area (Å²) in [6.45, 7) is 4.82. The molecule has 6 rings (SSSR count). The number of carbonyl (C=O) groups excluding carboxylic acids is 2. The number of hydrogen-bond acceptors (Lipinski definition) is 5. The Morgan fingerprint density at radius 1 is 0.932 bits per heavy atom. The fraction of sp³-hybridized carbons (Fsp3) is 0.389. The summed E-state index contributed by atoms with van der Waals surface area (Å²) in [4.78, 5) is 32.2. The van der Waals surface area contributed by atoms with Crippen LogP contribution in [0.5, 0.6) is 11.5 Å². The topological polar surface area (TPSA) is 95.7 Å². The molecule has 230 valence electrons. The second kappa shape index (κ2) is 14.0. The van der Waals surface area contributed by atoms with Crippen LogP contribution in [0.2, 0.25) is 0 Å². The third-order valence-corrected chi connectivity index (χ3v) is 8.80. The summed E-state index contributed by atoms with van der Waals surface area (Å²) < 4.78 is 11.0. The second-order valence-electron chi connectivity index (χ2n) is 12.2. The average Bonchev–Trinajstić information content (AvgIpc) is 3.70. The zero-order valence-electron chi connectivity index (χ0n) is 25.4. The van der Waals surface area contributed by atoms with Gasteiger partial charge >= 0.3 is 0 Å². The van der Waals surface area contributed by atoms with Crippen LogP contribution in [-0.2, 0) is 28.9 Å². The van der Waals surface area contributed by atoms with Gasteiger partial charge in [0.25, 0.3) is 0 Å². The van der Waals surface area contributed by atoms with Gasteiger partial charge in [-0.25, -0.2) is 0 Å². The van der Waals surface area contributed by atoms with Gasteiger partial charge in [0.15, 0.2) is 11.5 Å². The fourth-order valence-corrected chi connectivity index (χ4v) is 6.32. The number of likely N-dealkylation sites (tertiary alicyclic amines) is 1. The maximum atomic E-state index is 13.9. The Hall–Kier alpha value is -4.30. The van der Waals surface area contributed by atoms with Crippen LogP contribution in [0.1, 0.15) is 42.9 Å². The van der Waals surface area contributed by atoms with E-state index in [0.29, 0.717) is 51.1 Å². The van der Waals surface area contributed by atoms with Gasteiger partial charge in [0.05, 0.1) is 0 Å². The quantitative estimate of drug-likeness (QED) is 0.214. The molecular formula is C36H42N4O4. The number of nitrogens with zero attached hydrogens (tertiary/aromatic N) is 1. The van der Waals surface area contributed by atoms with Crippen LogP contribution in [0.3, 0.4) is 0 Å². The van der Waals surface area contributed by atoms with Gasteiger partial charge in [0.2, 0.25) is 18.6 Å². The molecule has 0 saturated carbocycles. The Bertz CT molecular complexity index is 1560. The number of amides is 2. The van der Waals surface area contributed by atoms with Crippen molar-refractivity contribution in [3.05, 3.63) is 95.7 Å². The fourth-order valence-electron chi connectivity index (χ4n) is 6.32. The molecular weight excluding hydrogens is 552 g/mol. The molecule has 8 nitrogen and oxygen atoms in total. The molecule has 2 unspecified atom stereocenters. The molecule has 2 aliphatic rings. The second-order valence-corrected chi connectivity index (χ2v) is 12.2. The lowest BCUT2D eigenvalue weighted by Gasteiger charge is -2.35. The molecule has 8 heteroatoms. The smallest absolute Gasteiger partial charge is 0.245 e. The summed E-state index contributed by atoms with van der Waals surface area (Å²) in [5, 5.41) is 7.92. The summed E-state index contributed by atoms with van der Waals surface area (Å²) >= 11 is 0. The van der Waals surface area contributed by atoms with E-state index in [1.165, 1.54) is 5.56 Å². The lowest BCUT2D eigenvalue weighted by molar-refractivity contribution is -0.137. The van der Waals surface area contributed by atoms with Crippen molar-refractivity contribution in [2.24, 2.45) is 5.92 Å². The highest BCUT2D eigenvalue weighted by Crippen LogP contribution is 2.33. The predicted octanol–water partition coefficient (Wildman–Crippen LogP) is 5.02. The minimum absolute atomic E-state index is 0.00188. The minimum Gasteiger partial charge on any atom is -0.454 e. The Morgan fingerprint density at radius 3 is 2.55 bits per heavy atom.